The first-order valence-corrected chi connectivity index (χ1v) is 10.9. The van der Waals surface area contributed by atoms with Crippen molar-refractivity contribution in [2.24, 2.45) is 7.05 Å². The fourth-order valence-electron chi connectivity index (χ4n) is 3.61. The zero-order valence-electron chi connectivity index (χ0n) is 19.1. The maximum atomic E-state index is 13.4. The highest BCUT2D eigenvalue weighted by molar-refractivity contribution is 5.94. The molecule has 1 amide bonds. The van der Waals surface area contributed by atoms with E-state index in [1.54, 1.807) is 47.8 Å². The molecule has 0 fully saturated rings. The van der Waals surface area contributed by atoms with Crippen LogP contribution in [0.25, 0.3) is 0 Å². The van der Waals surface area contributed by atoms with Crippen molar-refractivity contribution in [3.63, 3.8) is 0 Å². The van der Waals surface area contributed by atoms with Crippen LogP contribution >= 0.6 is 0 Å². The number of halogens is 1. The zero-order valence-corrected chi connectivity index (χ0v) is 19.1. The maximum absolute atomic E-state index is 13.4. The molecule has 1 aromatic carbocycles. The second kappa shape index (κ2) is 10.8. The van der Waals surface area contributed by atoms with Crippen LogP contribution in [0.15, 0.2) is 47.5 Å². The van der Waals surface area contributed by atoms with Crippen LogP contribution in [0, 0.1) is 5.82 Å². The Hall–Kier alpha value is -3.62. The lowest BCUT2D eigenvalue weighted by Gasteiger charge is -2.18. The van der Waals surface area contributed by atoms with Crippen molar-refractivity contribution < 1.29 is 14.0 Å². The van der Waals surface area contributed by atoms with Gasteiger partial charge in [-0.15, -0.1) is 5.10 Å². The number of Topliss-reactive ketones (excluding diaryl/α,β-unsaturated/α-hetero) is 1. The topological polar surface area (TPSA) is 90.1 Å². The molecule has 0 atom stereocenters. The third kappa shape index (κ3) is 5.79. The third-order valence-corrected chi connectivity index (χ3v) is 5.51. The SMILES string of the molecule is CCCC(=O)c1ncn(Cc2ccccc2F)n1.CN1C(=O)CCCc2c1ccc(=O)n2C. The number of carbonyl (C=O) groups is 2. The highest BCUT2D eigenvalue weighted by Crippen LogP contribution is 2.23. The van der Waals surface area contributed by atoms with Gasteiger partial charge in [0.2, 0.25) is 17.5 Å². The molecule has 0 unspecified atom stereocenters. The standard InChI is InChI=1S/C13H14FN3O.C11H14N2O2/c1-2-5-12(18)13-15-9-17(16-13)8-10-6-3-4-7-11(10)14;1-12-8-4-3-5-10(14)13(2)9(8)6-7-11(12)15/h3-4,6-7,9H,2,5,8H2,1H3;6-7H,3-5H2,1-2H3. The van der Waals surface area contributed by atoms with E-state index in [1.807, 2.05) is 6.92 Å². The van der Waals surface area contributed by atoms with Crippen molar-refractivity contribution in [1.82, 2.24) is 19.3 Å². The second-order valence-electron chi connectivity index (χ2n) is 7.90. The van der Waals surface area contributed by atoms with Gasteiger partial charge in [-0.05, 0) is 31.4 Å². The Morgan fingerprint density at radius 3 is 2.58 bits per heavy atom. The van der Waals surface area contributed by atoms with Gasteiger partial charge >= 0.3 is 0 Å². The van der Waals surface area contributed by atoms with Gasteiger partial charge in [-0.1, -0.05) is 25.1 Å². The molecule has 3 heterocycles. The summed E-state index contributed by atoms with van der Waals surface area (Å²) in [7, 11) is 3.52. The summed E-state index contributed by atoms with van der Waals surface area (Å²) < 4.78 is 16.5. The summed E-state index contributed by atoms with van der Waals surface area (Å²) in [5, 5.41) is 4.05. The molecule has 1 aliphatic heterocycles. The fourth-order valence-corrected chi connectivity index (χ4v) is 3.61. The number of aromatic nitrogens is 4. The predicted octanol–water partition coefficient (Wildman–Crippen LogP) is 3.13. The van der Waals surface area contributed by atoms with Crippen LogP contribution in [0.1, 0.15) is 54.5 Å². The van der Waals surface area contributed by atoms with Crippen LogP contribution in [0.4, 0.5) is 10.1 Å². The molecule has 4 rings (SSSR count). The van der Waals surface area contributed by atoms with Crippen LogP contribution in [0.5, 0.6) is 0 Å². The van der Waals surface area contributed by atoms with E-state index in [9.17, 15) is 18.8 Å². The molecule has 0 spiro atoms. The van der Waals surface area contributed by atoms with E-state index in [4.69, 9.17) is 0 Å². The van der Waals surface area contributed by atoms with Gasteiger partial charge in [0.25, 0.3) is 5.56 Å². The molecule has 0 radical (unpaired) electrons. The number of pyridine rings is 1. The molecule has 0 bridgehead atoms. The Bertz CT molecular complexity index is 1200. The molecule has 0 saturated carbocycles. The predicted molar refractivity (Wildman–Crippen MR) is 123 cm³/mol. The second-order valence-corrected chi connectivity index (χ2v) is 7.90. The van der Waals surface area contributed by atoms with Gasteiger partial charge in [0.05, 0.1) is 12.2 Å². The van der Waals surface area contributed by atoms with Gasteiger partial charge < -0.3 is 9.47 Å². The maximum Gasteiger partial charge on any atom is 0.250 e. The third-order valence-electron chi connectivity index (χ3n) is 5.51. The van der Waals surface area contributed by atoms with Crippen LogP contribution < -0.4 is 10.5 Å². The molecule has 8 nitrogen and oxygen atoms in total. The molecule has 0 aliphatic carbocycles. The van der Waals surface area contributed by atoms with Crippen molar-refractivity contribution in [2.75, 3.05) is 11.9 Å². The van der Waals surface area contributed by atoms with E-state index >= 15 is 0 Å². The Kier molecular flexibility index (Phi) is 7.87. The lowest BCUT2D eigenvalue weighted by atomic mass is 10.2. The monoisotopic (exact) mass is 453 g/mol. The van der Waals surface area contributed by atoms with E-state index in [2.05, 4.69) is 10.1 Å². The highest BCUT2D eigenvalue weighted by Gasteiger charge is 2.20. The van der Waals surface area contributed by atoms with E-state index < -0.39 is 0 Å². The summed E-state index contributed by atoms with van der Waals surface area (Å²) in [5.74, 6) is -0.0418. The molecule has 1 aliphatic rings. The number of anilines is 1. The van der Waals surface area contributed by atoms with Gasteiger partial charge in [0, 0.05) is 44.3 Å². The molecule has 33 heavy (non-hydrogen) atoms. The summed E-state index contributed by atoms with van der Waals surface area (Å²) in [4.78, 5) is 40.2. The van der Waals surface area contributed by atoms with E-state index in [0.29, 0.717) is 18.4 Å². The van der Waals surface area contributed by atoms with Gasteiger partial charge in [-0.2, -0.15) is 0 Å². The number of carbonyl (C=O) groups excluding carboxylic acids is 2. The van der Waals surface area contributed by atoms with Crippen LogP contribution in [0.3, 0.4) is 0 Å². The average Bonchev–Trinajstić information content (AvgIpc) is 3.21. The minimum atomic E-state index is -0.283. The van der Waals surface area contributed by atoms with E-state index in [-0.39, 0.29) is 35.4 Å². The van der Waals surface area contributed by atoms with Crippen molar-refractivity contribution in [2.45, 2.75) is 45.6 Å². The summed E-state index contributed by atoms with van der Waals surface area (Å²) in [5.41, 5.74) is 2.32. The first kappa shape index (κ1) is 24.0. The lowest BCUT2D eigenvalue weighted by Crippen LogP contribution is -2.28. The number of hydrogen-bond acceptors (Lipinski definition) is 5. The van der Waals surface area contributed by atoms with E-state index in [1.165, 1.54) is 23.1 Å². The summed E-state index contributed by atoms with van der Waals surface area (Å²) >= 11 is 0. The number of ketones is 1. The zero-order chi connectivity index (χ0) is 24.0. The molecule has 9 heteroatoms. The van der Waals surface area contributed by atoms with E-state index in [0.717, 1.165) is 30.6 Å². The Labute approximate surface area is 191 Å². The highest BCUT2D eigenvalue weighted by atomic mass is 19.1. The normalized spacial score (nSPS) is 13.1. The molecule has 0 saturated heterocycles. The fraction of sp³-hybridized carbons (Fsp3) is 0.375. The number of hydrogen-bond donors (Lipinski definition) is 0. The van der Waals surface area contributed by atoms with Crippen LogP contribution in [0.2, 0.25) is 0 Å². The molecule has 0 N–H and O–H groups in total. The number of nitrogens with zero attached hydrogens (tertiary/aromatic N) is 5. The number of amides is 1. The summed E-state index contributed by atoms with van der Waals surface area (Å²) in [6.07, 6.45) is 4.81. The first-order valence-electron chi connectivity index (χ1n) is 10.9. The van der Waals surface area contributed by atoms with Crippen molar-refractivity contribution in [1.29, 1.82) is 0 Å². The average molecular weight is 454 g/mol. The number of rotatable bonds is 5. The van der Waals surface area contributed by atoms with Gasteiger partial charge in [0.1, 0.15) is 12.1 Å². The summed E-state index contributed by atoms with van der Waals surface area (Å²) in [6.45, 7) is 2.20. The quantitative estimate of drug-likeness (QED) is 0.554. The molecular weight excluding hydrogens is 425 g/mol. The van der Waals surface area contributed by atoms with Crippen molar-refractivity contribution in [3.8, 4) is 0 Å². The Morgan fingerprint density at radius 1 is 1.09 bits per heavy atom. The van der Waals surface area contributed by atoms with Crippen molar-refractivity contribution in [3.05, 3.63) is 76.0 Å². The van der Waals surface area contributed by atoms with Gasteiger partial charge in [-0.3, -0.25) is 14.4 Å². The lowest BCUT2D eigenvalue weighted by molar-refractivity contribution is -0.118. The molecule has 174 valence electrons. The van der Waals surface area contributed by atoms with Gasteiger partial charge in [-0.25, -0.2) is 14.1 Å². The molecule has 2 aromatic heterocycles. The minimum absolute atomic E-state index is 0.0171. The molecule has 3 aromatic rings. The Morgan fingerprint density at radius 2 is 1.85 bits per heavy atom. The minimum Gasteiger partial charge on any atom is -0.314 e. The smallest absolute Gasteiger partial charge is 0.250 e. The van der Waals surface area contributed by atoms with Crippen LogP contribution in [-0.4, -0.2) is 38.1 Å². The number of fused-ring (bicyclic) bond motifs is 1. The van der Waals surface area contributed by atoms with Crippen molar-refractivity contribution >= 4 is 17.4 Å². The summed E-state index contributed by atoms with van der Waals surface area (Å²) in [6, 6.07) is 9.73. The largest absolute Gasteiger partial charge is 0.314 e. The first-order chi connectivity index (χ1) is 15.8. The number of benzene rings is 1. The Balaban J connectivity index is 0.000000189. The van der Waals surface area contributed by atoms with Gasteiger partial charge in [0.15, 0.2) is 0 Å². The molecular formula is C24H28FN5O3. The van der Waals surface area contributed by atoms with Crippen LogP contribution in [-0.2, 0) is 24.8 Å².